The van der Waals surface area contributed by atoms with Gasteiger partial charge in [-0.25, -0.2) is 19.1 Å². The Balaban J connectivity index is 2.49. The molecule has 0 spiro atoms. The maximum Gasteiger partial charge on any atom is 0.534 e. The van der Waals surface area contributed by atoms with Crippen LogP contribution in [0.3, 0.4) is 0 Å². The van der Waals surface area contributed by atoms with Gasteiger partial charge < -0.3 is 18.8 Å². The zero-order chi connectivity index (χ0) is 23.8. The second-order valence-electron chi connectivity index (χ2n) is 6.25. The molecule has 2 heterocycles. The van der Waals surface area contributed by atoms with Crippen LogP contribution in [0.25, 0.3) is 21.8 Å². The number of halogens is 3. The van der Waals surface area contributed by atoms with Gasteiger partial charge in [0.2, 0.25) is 0 Å². The molecule has 0 bridgehead atoms. The molecule has 0 atom stereocenters. The number of ether oxygens (including phenoxy) is 2. The first-order chi connectivity index (χ1) is 14.9. The van der Waals surface area contributed by atoms with E-state index in [-0.39, 0.29) is 46.3 Å². The number of hydrogen-bond donors (Lipinski definition) is 1. The van der Waals surface area contributed by atoms with Gasteiger partial charge in [-0.3, -0.25) is 0 Å². The van der Waals surface area contributed by atoms with Crippen molar-refractivity contribution in [3.63, 3.8) is 0 Å². The van der Waals surface area contributed by atoms with Crippen molar-refractivity contribution in [1.82, 2.24) is 9.55 Å². The average molecular weight is 476 g/mol. The summed E-state index contributed by atoms with van der Waals surface area (Å²) >= 11 is 0. The lowest BCUT2D eigenvalue weighted by Gasteiger charge is -2.12. The Morgan fingerprint density at radius 2 is 1.88 bits per heavy atom. The minimum Gasteiger partial charge on any atom is -0.464 e. The van der Waals surface area contributed by atoms with E-state index in [4.69, 9.17) is 9.47 Å². The van der Waals surface area contributed by atoms with Crippen LogP contribution < -0.4 is 4.18 Å². The van der Waals surface area contributed by atoms with Gasteiger partial charge in [-0.15, -0.1) is 0 Å². The molecule has 3 rings (SSSR count). The Morgan fingerprint density at radius 1 is 1.19 bits per heavy atom. The van der Waals surface area contributed by atoms with E-state index in [1.807, 2.05) is 0 Å². The van der Waals surface area contributed by atoms with Gasteiger partial charge in [-0.2, -0.15) is 21.6 Å². The van der Waals surface area contributed by atoms with Gasteiger partial charge in [0.25, 0.3) is 0 Å². The zero-order valence-corrected chi connectivity index (χ0v) is 17.3. The van der Waals surface area contributed by atoms with E-state index < -0.39 is 33.4 Å². The highest BCUT2D eigenvalue weighted by Crippen LogP contribution is 2.40. The first-order valence-corrected chi connectivity index (χ1v) is 10.2. The van der Waals surface area contributed by atoms with Gasteiger partial charge in [0, 0.05) is 18.1 Å². The van der Waals surface area contributed by atoms with Gasteiger partial charge in [0.1, 0.15) is 0 Å². The van der Waals surface area contributed by atoms with Gasteiger partial charge in [0.05, 0.1) is 35.8 Å². The maximum atomic E-state index is 12.9. The van der Waals surface area contributed by atoms with Crippen LogP contribution in [0, 0.1) is 0 Å². The highest BCUT2D eigenvalue weighted by Gasteiger charge is 2.49. The second-order valence-corrected chi connectivity index (χ2v) is 7.79. The number of rotatable bonds is 6. The van der Waals surface area contributed by atoms with E-state index in [9.17, 15) is 36.3 Å². The van der Waals surface area contributed by atoms with Crippen molar-refractivity contribution in [2.24, 2.45) is 0 Å². The van der Waals surface area contributed by atoms with Gasteiger partial charge in [0.15, 0.2) is 11.4 Å². The van der Waals surface area contributed by atoms with Crippen LogP contribution in [-0.4, -0.2) is 54.4 Å². The SMILES string of the molecule is CCOC(=O)c1ncc2c(c1COC)c1c(OS(=O)(=O)C(F)(F)F)cccc1n2C(=O)O. The largest absolute Gasteiger partial charge is 0.534 e. The number of aromatic nitrogens is 2. The molecular formula is C18H15F3N2O8S. The van der Waals surface area contributed by atoms with Crippen molar-refractivity contribution in [3.05, 3.63) is 35.7 Å². The molecule has 2 aromatic heterocycles. The van der Waals surface area contributed by atoms with Crippen molar-refractivity contribution >= 4 is 44.0 Å². The number of benzene rings is 1. The summed E-state index contributed by atoms with van der Waals surface area (Å²) in [5.41, 5.74) is -6.35. The monoisotopic (exact) mass is 476 g/mol. The molecule has 172 valence electrons. The van der Waals surface area contributed by atoms with Gasteiger partial charge >= 0.3 is 27.7 Å². The molecular weight excluding hydrogens is 461 g/mol. The summed E-state index contributed by atoms with van der Waals surface area (Å²) < 4.78 is 77.0. The van der Waals surface area contributed by atoms with Crippen LogP contribution in [-0.2, 0) is 26.2 Å². The van der Waals surface area contributed by atoms with E-state index >= 15 is 0 Å². The molecule has 1 aromatic carbocycles. The van der Waals surface area contributed by atoms with Crippen molar-refractivity contribution in [2.45, 2.75) is 19.0 Å². The smallest absolute Gasteiger partial charge is 0.464 e. The molecule has 0 saturated carbocycles. The molecule has 0 amide bonds. The Morgan fingerprint density at radius 3 is 2.44 bits per heavy atom. The highest BCUT2D eigenvalue weighted by molar-refractivity contribution is 7.88. The summed E-state index contributed by atoms with van der Waals surface area (Å²) in [6.07, 6.45) is -0.522. The summed E-state index contributed by atoms with van der Waals surface area (Å²) in [5, 5.41) is 9.30. The lowest BCUT2D eigenvalue weighted by Crippen LogP contribution is -2.28. The molecule has 0 radical (unpaired) electrons. The first kappa shape index (κ1) is 23.3. The molecule has 3 aromatic rings. The number of methoxy groups -OCH3 is 1. The number of carbonyl (C=O) groups excluding carboxylic acids is 1. The zero-order valence-electron chi connectivity index (χ0n) is 16.5. The van der Waals surface area contributed by atoms with Crippen LogP contribution in [0.4, 0.5) is 18.0 Å². The molecule has 0 saturated heterocycles. The summed E-state index contributed by atoms with van der Waals surface area (Å²) in [4.78, 5) is 28.2. The minimum atomic E-state index is -6.08. The fourth-order valence-electron chi connectivity index (χ4n) is 3.18. The van der Waals surface area contributed by atoms with Gasteiger partial charge in [-0.05, 0) is 19.1 Å². The number of carboxylic acid groups (broad SMARTS) is 1. The number of esters is 1. The van der Waals surface area contributed by atoms with Crippen molar-refractivity contribution in [1.29, 1.82) is 0 Å². The molecule has 0 aliphatic carbocycles. The summed E-state index contributed by atoms with van der Waals surface area (Å²) in [6.45, 7) is 1.20. The Bertz CT molecular complexity index is 1330. The molecule has 10 nitrogen and oxygen atoms in total. The second kappa shape index (κ2) is 8.27. The number of alkyl halides is 3. The lowest BCUT2D eigenvalue weighted by atomic mass is 10.1. The van der Waals surface area contributed by atoms with Crippen molar-refractivity contribution < 1.29 is 49.9 Å². The van der Waals surface area contributed by atoms with Crippen LogP contribution in [0.2, 0.25) is 0 Å². The third-order valence-corrected chi connectivity index (χ3v) is 5.29. The van der Waals surface area contributed by atoms with E-state index in [0.717, 1.165) is 18.3 Å². The minimum absolute atomic E-state index is 0.0138. The third kappa shape index (κ3) is 3.82. The number of fused-ring (bicyclic) bond motifs is 3. The summed E-state index contributed by atoms with van der Waals surface area (Å²) in [5.74, 6) is -1.68. The summed E-state index contributed by atoms with van der Waals surface area (Å²) in [6, 6.07) is 3.28. The topological polar surface area (TPSA) is 134 Å². The van der Waals surface area contributed by atoms with E-state index in [0.29, 0.717) is 4.57 Å². The molecule has 14 heteroatoms. The predicted molar refractivity (Wildman–Crippen MR) is 103 cm³/mol. The van der Waals surface area contributed by atoms with Crippen molar-refractivity contribution in [3.8, 4) is 5.75 Å². The molecule has 1 N–H and O–H groups in total. The normalized spacial score (nSPS) is 12.3. The van der Waals surface area contributed by atoms with Crippen LogP contribution in [0.15, 0.2) is 24.4 Å². The fraction of sp³-hybridized carbons (Fsp3) is 0.278. The van der Waals surface area contributed by atoms with Crippen LogP contribution in [0.1, 0.15) is 23.0 Å². The summed E-state index contributed by atoms with van der Waals surface area (Å²) in [7, 11) is -4.82. The standard InChI is InChI=1S/C18H15F3N2O8S/c1-3-30-16(24)15-9(8-29-2)13-11(7-22-15)23(17(25)26)10-5-4-6-12(14(10)13)31-32(27,28)18(19,20)21/h4-7H,3,8H2,1-2H3,(H,25,26). The van der Waals surface area contributed by atoms with E-state index in [1.165, 1.54) is 20.1 Å². The van der Waals surface area contributed by atoms with E-state index in [2.05, 4.69) is 9.17 Å². The Kier molecular flexibility index (Phi) is 6.02. The van der Waals surface area contributed by atoms with Crippen LogP contribution in [0.5, 0.6) is 5.75 Å². The molecule has 0 aliphatic heterocycles. The maximum absolute atomic E-state index is 12.9. The molecule has 32 heavy (non-hydrogen) atoms. The Hall–Kier alpha value is -3.39. The Labute approximate surface area is 178 Å². The van der Waals surface area contributed by atoms with Crippen LogP contribution >= 0.6 is 0 Å². The lowest BCUT2D eigenvalue weighted by molar-refractivity contribution is -0.0499. The molecule has 0 unspecified atom stereocenters. The quantitative estimate of drug-likeness (QED) is 0.323. The molecule has 0 fully saturated rings. The first-order valence-electron chi connectivity index (χ1n) is 8.79. The molecule has 0 aliphatic rings. The predicted octanol–water partition coefficient (Wildman–Crippen LogP) is 3.27. The fourth-order valence-corrected chi connectivity index (χ4v) is 3.65. The number of carbonyl (C=O) groups is 2. The number of nitrogens with zero attached hydrogens (tertiary/aromatic N) is 2. The van der Waals surface area contributed by atoms with Crippen molar-refractivity contribution in [2.75, 3.05) is 13.7 Å². The van der Waals surface area contributed by atoms with E-state index in [1.54, 1.807) is 0 Å². The number of pyridine rings is 1. The highest BCUT2D eigenvalue weighted by atomic mass is 32.2. The third-order valence-electron chi connectivity index (χ3n) is 4.33. The average Bonchev–Trinajstić information content (AvgIpc) is 3.03. The number of hydrogen-bond acceptors (Lipinski definition) is 8. The van der Waals surface area contributed by atoms with Gasteiger partial charge in [-0.1, -0.05) is 6.07 Å².